The van der Waals surface area contributed by atoms with Gasteiger partial charge in [0.1, 0.15) is 5.82 Å². The molecule has 1 amide bonds. The minimum atomic E-state index is -0.970. The zero-order chi connectivity index (χ0) is 18.7. The maximum atomic E-state index is 13.0. The summed E-state index contributed by atoms with van der Waals surface area (Å²) in [6.45, 7) is 3.27. The predicted octanol–water partition coefficient (Wildman–Crippen LogP) is 3.12. The van der Waals surface area contributed by atoms with E-state index >= 15 is 0 Å². The molecule has 0 saturated carbocycles. The van der Waals surface area contributed by atoms with Gasteiger partial charge in [-0.2, -0.15) is 5.10 Å². The van der Waals surface area contributed by atoms with Gasteiger partial charge >= 0.3 is 5.97 Å². The van der Waals surface area contributed by atoms with E-state index in [2.05, 4.69) is 15.5 Å². The molecule has 6 nitrogen and oxygen atoms in total. The summed E-state index contributed by atoms with van der Waals surface area (Å²) in [5, 5.41) is 10.3. The average molecular weight is 355 g/mol. The Labute approximate surface area is 149 Å². The average Bonchev–Trinajstić information content (AvgIpc) is 3.09. The van der Waals surface area contributed by atoms with Gasteiger partial charge in [0.15, 0.2) is 6.10 Å². The van der Waals surface area contributed by atoms with E-state index in [0.717, 1.165) is 10.9 Å². The van der Waals surface area contributed by atoms with Crippen molar-refractivity contribution in [3.63, 3.8) is 0 Å². The Balaban J connectivity index is 1.60. The third-order valence-electron chi connectivity index (χ3n) is 4.06. The summed E-state index contributed by atoms with van der Waals surface area (Å²) in [6, 6.07) is 10.5. The standard InChI is InChI=1S/C19H18FN3O3/c1-11(13-5-7-16(20)8-6-13)22-18(24)12(2)26-19(25)14-3-4-15-10-21-23-17(15)9-14/h3-12H,1-2H3,(H,21,23)(H,22,24)/t11-,12-/m1/s1. The van der Waals surface area contributed by atoms with Crippen LogP contribution in [0.3, 0.4) is 0 Å². The van der Waals surface area contributed by atoms with Crippen LogP contribution in [-0.2, 0) is 9.53 Å². The fraction of sp³-hybridized carbons (Fsp3) is 0.211. The van der Waals surface area contributed by atoms with Crippen molar-refractivity contribution in [3.8, 4) is 0 Å². The molecule has 0 aliphatic carbocycles. The molecule has 0 unspecified atom stereocenters. The number of aromatic nitrogens is 2. The first-order valence-electron chi connectivity index (χ1n) is 8.14. The van der Waals surface area contributed by atoms with E-state index in [9.17, 15) is 14.0 Å². The second-order valence-electron chi connectivity index (χ2n) is 6.00. The van der Waals surface area contributed by atoms with E-state index in [1.54, 1.807) is 43.5 Å². The minimum Gasteiger partial charge on any atom is -0.449 e. The monoisotopic (exact) mass is 355 g/mol. The van der Waals surface area contributed by atoms with Gasteiger partial charge in [-0.3, -0.25) is 9.89 Å². The number of benzene rings is 2. The number of ether oxygens (including phenoxy) is 1. The third-order valence-corrected chi connectivity index (χ3v) is 4.06. The topological polar surface area (TPSA) is 84.1 Å². The summed E-state index contributed by atoms with van der Waals surface area (Å²) in [5.41, 5.74) is 1.79. The summed E-state index contributed by atoms with van der Waals surface area (Å²) < 4.78 is 18.2. The zero-order valence-electron chi connectivity index (χ0n) is 14.3. The third kappa shape index (κ3) is 3.88. The quantitative estimate of drug-likeness (QED) is 0.689. The predicted molar refractivity (Wildman–Crippen MR) is 93.9 cm³/mol. The Bertz CT molecular complexity index is 937. The lowest BCUT2D eigenvalue weighted by molar-refractivity contribution is -0.129. The van der Waals surface area contributed by atoms with Gasteiger partial charge in [0.2, 0.25) is 0 Å². The number of nitrogens with one attached hydrogen (secondary N) is 2. The van der Waals surface area contributed by atoms with Crippen LogP contribution < -0.4 is 5.32 Å². The zero-order valence-corrected chi connectivity index (χ0v) is 14.3. The number of fused-ring (bicyclic) bond motifs is 1. The van der Waals surface area contributed by atoms with Gasteiger partial charge in [0, 0.05) is 5.39 Å². The number of aromatic amines is 1. The lowest BCUT2D eigenvalue weighted by Gasteiger charge is -2.18. The molecule has 0 fully saturated rings. The van der Waals surface area contributed by atoms with Crippen molar-refractivity contribution in [1.82, 2.24) is 15.5 Å². The first-order valence-corrected chi connectivity index (χ1v) is 8.14. The molecule has 3 aromatic rings. The van der Waals surface area contributed by atoms with E-state index in [1.807, 2.05) is 0 Å². The number of amides is 1. The molecule has 0 aliphatic heterocycles. The molecular formula is C19H18FN3O3. The lowest BCUT2D eigenvalue weighted by Crippen LogP contribution is -2.37. The van der Waals surface area contributed by atoms with Crippen LogP contribution in [0.15, 0.2) is 48.7 Å². The number of rotatable bonds is 5. The summed E-state index contributed by atoms with van der Waals surface area (Å²) >= 11 is 0. The Morgan fingerprint density at radius 2 is 1.88 bits per heavy atom. The van der Waals surface area contributed by atoms with Crippen LogP contribution in [0.5, 0.6) is 0 Å². The van der Waals surface area contributed by atoms with Gasteiger partial charge in [-0.15, -0.1) is 0 Å². The van der Waals surface area contributed by atoms with Crippen molar-refractivity contribution < 1.29 is 18.7 Å². The molecule has 0 aliphatic rings. The maximum absolute atomic E-state index is 13.0. The van der Waals surface area contributed by atoms with Crippen molar-refractivity contribution in [3.05, 3.63) is 65.6 Å². The highest BCUT2D eigenvalue weighted by atomic mass is 19.1. The molecule has 1 aromatic heterocycles. The molecule has 0 bridgehead atoms. The van der Waals surface area contributed by atoms with Crippen LogP contribution in [-0.4, -0.2) is 28.2 Å². The molecule has 1 heterocycles. The van der Waals surface area contributed by atoms with Crippen LogP contribution in [0.4, 0.5) is 4.39 Å². The first-order chi connectivity index (χ1) is 12.4. The largest absolute Gasteiger partial charge is 0.449 e. The van der Waals surface area contributed by atoms with E-state index < -0.39 is 18.0 Å². The second-order valence-corrected chi connectivity index (χ2v) is 6.00. The second kappa shape index (κ2) is 7.35. The van der Waals surface area contributed by atoms with Gasteiger partial charge in [-0.1, -0.05) is 18.2 Å². The fourth-order valence-corrected chi connectivity index (χ4v) is 2.51. The lowest BCUT2D eigenvalue weighted by atomic mass is 10.1. The molecule has 7 heteroatoms. The summed E-state index contributed by atoms with van der Waals surface area (Å²) in [7, 11) is 0. The van der Waals surface area contributed by atoms with Crippen molar-refractivity contribution in [2.24, 2.45) is 0 Å². The minimum absolute atomic E-state index is 0.327. The van der Waals surface area contributed by atoms with Crippen molar-refractivity contribution in [2.45, 2.75) is 26.0 Å². The van der Waals surface area contributed by atoms with Crippen LogP contribution in [0.2, 0.25) is 0 Å². The van der Waals surface area contributed by atoms with Gasteiger partial charge in [-0.25, -0.2) is 9.18 Å². The van der Waals surface area contributed by atoms with Crippen molar-refractivity contribution >= 4 is 22.8 Å². The van der Waals surface area contributed by atoms with Gasteiger partial charge < -0.3 is 10.1 Å². The smallest absolute Gasteiger partial charge is 0.338 e. The van der Waals surface area contributed by atoms with Gasteiger partial charge in [0.25, 0.3) is 5.91 Å². The Kier molecular flexibility index (Phi) is 4.97. The summed E-state index contributed by atoms with van der Waals surface area (Å²) in [5.74, 6) is -1.37. The molecule has 26 heavy (non-hydrogen) atoms. The highest BCUT2D eigenvalue weighted by Gasteiger charge is 2.21. The molecule has 3 rings (SSSR count). The summed E-state index contributed by atoms with van der Waals surface area (Å²) in [6.07, 6.45) is 0.681. The van der Waals surface area contributed by atoms with E-state index in [4.69, 9.17) is 4.74 Å². The van der Waals surface area contributed by atoms with Gasteiger partial charge in [0.05, 0.1) is 23.3 Å². The van der Waals surface area contributed by atoms with Gasteiger partial charge in [-0.05, 0) is 43.7 Å². The van der Waals surface area contributed by atoms with Crippen LogP contribution in [0, 0.1) is 5.82 Å². The molecule has 0 saturated heterocycles. The number of H-pyrrole nitrogens is 1. The number of carbonyl (C=O) groups excluding carboxylic acids is 2. The van der Waals surface area contributed by atoms with Crippen LogP contribution >= 0.6 is 0 Å². The molecule has 2 aromatic carbocycles. The molecule has 2 atom stereocenters. The molecule has 0 spiro atoms. The Hall–Kier alpha value is -3.22. The normalized spacial score (nSPS) is 13.2. The highest BCUT2D eigenvalue weighted by Crippen LogP contribution is 2.15. The van der Waals surface area contributed by atoms with E-state index in [0.29, 0.717) is 11.1 Å². The van der Waals surface area contributed by atoms with Crippen molar-refractivity contribution in [2.75, 3.05) is 0 Å². The van der Waals surface area contributed by atoms with E-state index in [-0.39, 0.29) is 11.9 Å². The first kappa shape index (κ1) is 17.6. The fourth-order valence-electron chi connectivity index (χ4n) is 2.51. The molecule has 2 N–H and O–H groups in total. The Morgan fingerprint density at radius 3 is 2.62 bits per heavy atom. The van der Waals surface area contributed by atoms with Crippen LogP contribution in [0.25, 0.3) is 10.9 Å². The number of hydrogen-bond donors (Lipinski definition) is 2. The number of hydrogen-bond acceptors (Lipinski definition) is 4. The molecule has 0 radical (unpaired) electrons. The van der Waals surface area contributed by atoms with Crippen molar-refractivity contribution in [1.29, 1.82) is 0 Å². The molecular weight excluding hydrogens is 337 g/mol. The maximum Gasteiger partial charge on any atom is 0.338 e. The number of esters is 1. The number of carbonyl (C=O) groups is 2. The number of nitrogens with zero attached hydrogens (tertiary/aromatic N) is 1. The summed E-state index contributed by atoms with van der Waals surface area (Å²) in [4.78, 5) is 24.5. The van der Waals surface area contributed by atoms with E-state index in [1.165, 1.54) is 19.1 Å². The number of halogens is 1. The molecule has 134 valence electrons. The van der Waals surface area contributed by atoms with Crippen LogP contribution in [0.1, 0.15) is 35.8 Å². The Morgan fingerprint density at radius 1 is 1.15 bits per heavy atom. The SMILES string of the molecule is C[C@@H](OC(=O)c1ccc2cn[nH]c2c1)C(=O)N[C@H](C)c1ccc(F)cc1. The highest BCUT2D eigenvalue weighted by molar-refractivity contribution is 5.95.